The summed E-state index contributed by atoms with van der Waals surface area (Å²) in [6, 6.07) is 10.0. The van der Waals surface area contributed by atoms with Crippen molar-refractivity contribution in [2.24, 2.45) is 0 Å². The van der Waals surface area contributed by atoms with Gasteiger partial charge in [-0.1, -0.05) is 31.5 Å². The predicted octanol–water partition coefficient (Wildman–Crippen LogP) is 3.16. The number of pyridine rings is 1. The van der Waals surface area contributed by atoms with E-state index in [1.807, 2.05) is 30.3 Å². The van der Waals surface area contributed by atoms with E-state index >= 15 is 0 Å². The Morgan fingerprint density at radius 3 is 2.87 bits per heavy atom. The molecule has 0 aliphatic carbocycles. The second-order valence-electron chi connectivity index (χ2n) is 3.82. The molecule has 0 saturated carbocycles. The Labute approximate surface area is 90.1 Å². The van der Waals surface area contributed by atoms with Crippen molar-refractivity contribution in [2.75, 3.05) is 5.73 Å². The first-order valence-corrected chi connectivity index (χ1v) is 5.45. The number of fused-ring (bicyclic) bond motifs is 1. The molecule has 0 saturated heterocycles. The van der Waals surface area contributed by atoms with Crippen LogP contribution in [0, 0.1) is 0 Å². The van der Waals surface area contributed by atoms with Crippen LogP contribution in [0.3, 0.4) is 0 Å². The monoisotopic (exact) mass is 200 g/mol. The van der Waals surface area contributed by atoms with Crippen LogP contribution in [0.1, 0.15) is 25.5 Å². The van der Waals surface area contributed by atoms with Gasteiger partial charge in [-0.15, -0.1) is 0 Å². The molecule has 2 rings (SSSR count). The lowest BCUT2D eigenvalue weighted by molar-refractivity contribution is 0.780. The van der Waals surface area contributed by atoms with E-state index in [4.69, 9.17) is 5.73 Å². The molecule has 0 bridgehead atoms. The number of benzene rings is 1. The van der Waals surface area contributed by atoms with Crippen LogP contribution in [0.2, 0.25) is 0 Å². The van der Waals surface area contributed by atoms with Crippen LogP contribution in [-0.4, -0.2) is 4.98 Å². The molecular weight excluding hydrogens is 184 g/mol. The fraction of sp³-hybridized carbons (Fsp3) is 0.308. The van der Waals surface area contributed by atoms with Crippen LogP contribution in [0.5, 0.6) is 0 Å². The highest BCUT2D eigenvalue weighted by molar-refractivity contribution is 5.90. The zero-order chi connectivity index (χ0) is 10.7. The molecule has 2 heteroatoms. The van der Waals surface area contributed by atoms with Crippen LogP contribution in [0.15, 0.2) is 30.3 Å². The predicted molar refractivity (Wildman–Crippen MR) is 64.8 cm³/mol. The molecule has 2 aromatic rings. The number of aryl methyl sites for hydroxylation is 1. The number of nitrogen functional groups attached to an aromatic ring is 1. The van der Waals surface area contributed by atoms with Crippen molar-refractivity contribution in [3.8, 4) is 0 Å². The van der Waals surface area contributed by atoms with E-state index < -0.39 is 0 Å². The number of unbranched alkanes of at least 4 members (excludes halogenated alkanes) is 1. The van der Waals surface area contributed by atoms with Crippen molar-refractivity contribution in [1.82, 2.24) is 4.98 Å². The summed E-state index contributed by atoms with van der Waals surface area (Å²) >= 11 is 0. The van der Waals surface area contributed by atoms with E-state index in [9.17, 15) is 0 Å². The summed E-state index contributed by atoms with van der Waals surface area (Å²) in [5.41, 5.74) is 8.94. The third-order valence-electron chi connectivity index (χ3n) is 2.59. The third kappa shape index (κ3) is 2.09. The Morgan fingerprint density at radius 2 is 2.07 bits per heavy atom. The number of hydrogen-bond donors (Lipinski definition) is 1. The Balaban J connectivity index is 2.43. The zero-order valence-electron chi connectivity index (χ0n) is 9.03. The summed E-state index contributed by atoms with van der Waals surface area (Å²) in [5, 5.41) is 1.05. The molecule has 2 N–H and O–H groups in total. The molecule has 0 spiro atoms. The van der Waals surface area contributed by atoms with E-state index in [0.717, 1.165) is 28.7 Å². The first-order valence-electron chi connectivity index (χ1n) is 5.45. The van der Waals surface area contributed by atoms with Crippen molar-refractivity contribution in [1.29, 1.82) is 0 Å². The number of nitrogens with two attached hydrogens (primary N) is 1. The Kier molecular flexibility index (Phi) is 2.86. The van der Waals surface area contributed by atoms with Gasteiger partial charge in [0.1, 0.15) is 0 Å². The molecule has 1 aromatic carbocycles. The van der Waals surface area contributed by atoms with Gasteiger partial charge >= 0.3 is 0 Å². The fourth-order valence-corrected chi connectivity index (χ4v) is 1.75. The number of para-hydroxylation sites is 1. The molecule has 0 fully saturated rings. The lowest BCUT2D eigenvalue weighted by Crippen LogP contribution is -1.95. The summed E-state index contributed by atoms with van der Waals surface area (Å²) in [7, 11) is 0. The van der Waals surface area contributed by atoms with E-state index in [1.165, 1.54) is 12.8 Å². The zero-order valence-corrected chi connectivity index (χ0v) is 9.03. The largest absolute Gasteiger partial charge is 0.398 e. The maximum Gasteiger partial charge on any atom is 0.0725 e. The van der Waals surface area contributed by atoms with Crippen LogP contribution >= 0.6 is 0 Å². The van der Waals surface area contributed by atoms with Crippen LogP contribution in [0.4, 0.5) is 5.69 Å². The average molecular weight is 200 g/mol. The molecule has 78 valence electrons. The first-order chi connectivity index (χ1) is 7.31. The van der Waals surface area contributed by atoms with E-state index in [0.29, 0.717) is 0 Å². The normalized spacial score (nSPS) is 10.7. The summed E-state index contributed by atoms with van der Waals surface area (Å²) in [6.45, 7) is 2.18. The van der Waals surface area contributed by atoms with Crippen molar-refractivity contribution in [3.63, 3.8) is 0 Å². The van der Waals surface area contributed by atoms with E-state index in [-0.39, 0.29) is 0 Å². The van der Waals surface area contributed by atoms with E-state index in [2.05, 4.69) is 11.9 Å². The number of nitrogens with zero attached hydrogens (tertiary/aromatic N) is 1. The van der Waals surface area contributed by atoms with Gasteiger partial charge in [0.25, 0.3) is 0 Å². The van der Waals surface area contributed by atoms with Gasteiger partial charge in [0, 0.05) is 16.8 Å². The number of hydrogen-bond acceptors (Lipinski definition) is 2. The molecule has 1 aromatic heterocycles. The first kappa shape index (κ1) is 9.97. The molecule has 0 aliphatic heterocycles. The van der Waals surface area contributed by atoms with Crippen LogP contribution in [0.25, 0.3) is 10.9 Å². The van der Waals surface area contributed by atoms with Crippen molar-refractivity contribution in [2.45, 2.75) is 26.2 Å². The van der Waals surface area contributed by atoms with Crippen molar-refractivity contribution < 1.29 is 0 Å². The highest BCUT2D eigenvalue weighted by Gasteiger charge is 2.01. The molecule has 0 atom stereocenters. The van der Waals surface area contributed by atoms with Gasteiger partial charge in [-0.05, 0) is 25.0 Å². The molecule has 0 radical (unpaired) electrons. The summed E-state index contributed by atoms with van der Waals surface area (Å²) < 4.78 is 0. The number of rotatable bonds is 3. The molecule has 0 aliphatic rings. The molecule has 0 unspecified atom stereocenters. The molecule has 15 heavy (non-hydrogen) atoms. The Morgan fingerprint density at radius 1 is 1.27 bits per heavy atom. The quantitative estimate of drug-likeness (QED) is 0.826. The average Bonchev–Trinajstić information content (AvgIpc) is 2.26. The van der Waals surface area contributed by atoms with Gasteiger partial charge < -0.3 is 5.73 Å². The van der Waals surface area contributed by atoms with Crippen LogP contribution < -0.4 is 5.73 Å². The standard InChI is InChI=1S/C13H16N2/c1-2-3-6-10-9-12(14)11-7-4-5-8-13(11)15-10/h4-5,7-9H,2-3,6H2,1H3,(H2,14,15). The van der Waals surface area contributed by atoms with Gasteiger partial charge in [-0.25, -0.2) is 0 Å². The van der Waals surface area contributed by atoms with Gasteiger partial charge in [0.2, 0.25) is 0 Å². The smallest absolute Gasteiger partial charge is 0.0725 e. The Hall–Kier alpha value is -1.57. The minimum Gasteiger partial charge on any atom is -0.398 e. The molecule has 2 nitrogen and oxygen atoms in total. The summed E-state index contributed by atoms with van der Waals surface area (Å²) in [5.74, 6) is 0. The van der Waals surface area contributed by atoms with Gasteiger partial charge in [0.15, 0.2) is 0 Å². The lowest BCUT2D eigenvalue weighted by atomic mass is 10.1. The molecule has 1 heterocycles. The van der Waals surface area contributed by atoms with Crippen molar-refractivity contribution >= 4 is 16.6 Å². The topological polar surface area (TPSA) is 38.9 Å². The molecule has 0 amide bonds. The highest BCUT2D eigenvalue weighted by atomic mass is 14.7. The molecular formula is C13H16N2. The van der Waals surface area contributed by atoms with Crippen LogP contribution in [-0.2, 0) is 6.42 Å². The van der Waals surface area contributed by atoms with E-state index in [1.54, 1.807) is 0 Å². The van der Waals surface area contributed by atoms with Gasteiger partial charge in [-0.3, -0.25) is 4.98 Å². The Bertz CT molecular complexity index is 463. The minimum atomic E-state index is 0.840. The summed E-state index contributed by atoms with van der Waals surface area (Å²) in [4.78, 5) is 4.59. The van der Waals surface area contributed by atoms with Crippen molar-refractivity contribution in [3.05, 3.63) is 36.0 Å². The number of anilines is 1. The SMILES string of the molecule is CCCCc1cc(N)c2ccccc2n1. The maximum atomic E-state index is 5.99. The minimum absolute atomic E-state index is 0.840. The summed E-state index contributed by atoms with van der Waals surface area (Å²) in [6.07, 6.45) is 3.38. The van der Waals surface area contributed by atoms with Gasteiger partial charge in [0.05, 0.1) is 5.52 Å². The van der Waals surface area contributed by atoms with Gasteiger partial charge in [-0.2, -0.15) is 0 Å². The maximum absolute atomic E-state index is 5.99. The second-order valence-corrected chi connectivity index (χ2v) is 3.82. The number of aromatic nitrogens is 1. The second kappa shape index (κ2) is 4.30. The highest BCUT2D eigenvalue weighted by Crippen LogP contribution is 2.20. The third-order valence-corrected chi connectivity index (χ3v) is 2.59. The fourth-order valence-electron chi connectivity index (χ4n) is 1.75. The lowest BCUT2D eigenvalue weighted by Gasteiger charge is -2.05.